The van der Waals surface area contributed by atoms with Crippen molar-refractivity contribution in [2.24, 2.45) is 0 Å². The molecule has 0 unspecified atom stereocenters. The lowest BCUT2D eigenvalue weighted by molar-refractivity contribution is -0.120. The van der Waals surface area contributed by atoms with E-state index >= 15 is 0 Å². The van der Waals surface area contributed by atoms with E-state index in [-0.39, 0.29) is 5.91 Å². The molecule has 1 heterocycles. The Bertz CT molecular complexity index is 812. The van der Waals surface area contributed by atoms with E-state index in [4.69, 9.17) is 4.74 Å². The van der Waals surface area contributed by atoms with Gasteiger partial charge in [0.15, 0.2) is 0 Å². The smallest absolute Gasteiger partial charge is 0.408 e. The predicted molar refractivity (Wildman–Crippen MR) is 106 cm³/mol. The van der Waals surface area contributed by atoms with Crippen LogP contribution in [0.1, 0.15) is 31.9 Å². The van der Waals surface area contributed by atoms with Gasteiger partial charge in [0.2, 0.25) is 5.91 Å². The van der Waals surface area contributed by atoms with Gasteiger partial charge in [-0.15, -0.1) is 0 Å². The van der Waals surface area contributed by atoms with Crippen LogP contribution in [0.15, 0.2) is 54.6 Å². The Morgan fingerprint density at radius 1 is 1.07 bits per heavy atom. The van der Waals surface area contributed by atoms with E-state index in [1.165, 1.54) is 0 Å². The highest BCUT2D eigenvalue weighted by atomic mass is 16.6. The van der Waals surface area contributed by atoms with Crippen LogP contribution in [-0.2, 0) is 22.4 Å². The summed E-state index contributed by atoms with van der Waals surface area (Å²) in [6.07, 6.45) is 0.661. The minimum atomic E-state index is -0.687. The number of nitrogens with zero attached hydrogens (tertiary/aromatic N) is 1. The third-order valence-corrected chi connectivity index (χ3v) is 4.42. The normalized spacial score (nSPS) is 14.4. The minimum absolute atomic E-state index is 0.116. The van der Waals surface area contributed by atoms with Crippen molar-refractivity contribution >= 4 is 17.7 Å². The van der Waals surface area contributed by atoms with Crippen molar-refractivity contribution in [2.75, 3.05) is 11.4 Å². The first-order valence-electron chi connectivity index (χ1n) is 9.26. The number of fused-ring (bicyclic) bond motifs is 1. The molecule has 0 fully saturated rings. The van der Waals surface area contributed by atoms with E-state index in [0.717, 1.165) is 23.2 Å². The van der Waals surface area contributed by atoms with Gasteiger partial charge in [-0.3, -0.25) is 4.79 Å². The maximum absolute atomic E-state index is 13.3. The number of para-hydroxylation sites is 1. The zero-order valence-electron chi connectivity index (χ0n) is 16.1. The first-order valence-corrected chi connectivity index (χ1v) is 9.26. The predicted octanol–water partition coefficient (Wildman–Crippen LogP) is 3.71. The Labute approximate surface area is 160 Å². The molecule has 3 rings (SSSR count). The van der Waals surface area contributed by atoms with Gasteiger partial charge in [0.25, 0.3) is 0 Å². The highest BCUT2D eigenvalue weighted by Gasteiger charge is 2.32. The molecule has 0 spiro atoms. The Morgan fingerprint density at radius 3 is 2.44 bits per heavy atom. The minimum Gasteiger partial charge on any atom is -0.444 e. The molecule has 1 atom stereocenters. The van der Waals surface area contributed by atoms with Crippen molar-refractivity contribution in [3.63, 3.8) is 0 Å². The van der Waals surface area contributed by atoms with E-state index in [2.05, 4.69) is 5.32 Å². The maximum atomic E-state index is 13.3. The van der Waals surface area contributed by atoms with Crippen molar-refractivity contribution in [1.29, 1.82) is 0 Å². The van der Waals surface area contributed by atoms with Crippen molar-refractivity contribution in [3.8, 4) is 0 Å². The molecule has 0 aliphatic carbocycles. The summed E-state index contributed by atoms with van der Waals surface area (Å²) >= 11 is 0. The lowest BCUT2D eigenvalue weighted by atomic mass is 10.0. The molecule has 5 heteroatoms. The molecular weight excluding hydrogens is 340 g/mol. The lowest BCUT2D eigenvalue weighted by Gasteiger charge is -2.27. The number of benzene rings is 2. The van der Waals surface area contributed by atoms with Gasteiger partial charge in [0.05, 0.1) is 0 Å². The van der Waals surface area contributed by atoms with Crippen LogP contribution >= 0.6 is 0 Å². The summed E-state index contributed by atoms with van der Waals surface area (Å²) in [5, 5.41) is 2.78. The number of hydrogen-bond acceptors (Lipinski definition) is 3. The second kappa shape index (κ2) is 7.82. The van der Waals surface area contributed by atoms with E-state index < -0.39 is 17.7 Å². The number of carbonyl (C=O) groups excluding carboxylic acids is 2. The van der Waals surface area contributed by atoms with Crippen molar-refractivity contribution in [2.45, 2.75) is 45.3 Å². The summed E-state index contributed by atoms with van der Waals surface area (Å²) in [5.41, 5.74) is 2.44. The van der Waals surface area contributed by atoms with Gasteiger partial charge >= 0.3 is 6.09 Å². The van der Waals surface area contributed by atoms with Gasteiger partial charge in [-0.05, 0) is 44.4 Å². The Hall–Kier alpha value is -2.82. The van der Waals surface area contributed by atoms with Crippen LogP contribution < -0.4 is 10.2 Å². The van der Waals surface area contributed by atoms with Crippen LogP contribution in [0.3, 0.4) is 0 Å². The third-order valence-electron chi connectivity index (χ3n) is 4.42. The van der Waals surface area contributed by atoms with Gasteiger partial charge in [-0.25, -0.2) is 4.79 Å². The Balaban J connectivity index is 1.80. The molecule has 27 heavy (non-hydrogen) atoms. The second-order valence-electron chi connectivity index (χ2n) is 7.76. The summed E-state index contributed by atoms with van der Waals surface area (Å²) in [6, 6.07) is 16.9. The zero-order valence-corrected chi connectivity index (χ0v) is 16.1. The van der Waals surface area contributed by atoms with Crippen LogP contribution in [0.25, 0.3) is 0 Å². The van der Waals surface area contributed by atoms with E-state index in [9.17, 15) is 9.59 Å². The van der Waals surface area contributed by atoms with E-state index in [1.54, 1.807) is 25.7 Å². The Kier molecular flexibility index (Phi) is 5.49. The van der Waals surface area contributed by atoms with E-state index in [1.807, 2.05) is 54.6 Å². The maximum Gasteiger partial charge on any atom is 0.408 e. The number of anilines is 1. The fraction of sp³-hybridized carbons (Fsp3) is 0.364. The number of ether oxygens (including phenoxy) is 1. The van der Waals surface area contributed by atoms with Crippen LogP contribution in [0.2, 0.25) is 0 Å². The van der Waals surface area contributed by atoms with Crippen LogP contribution in [-0.4, -0.2) is 30.2 Å². The van der Waals surface area contributed by atoms with Gasteiger partial charge < -0.3 is 15.0 Å². The van der Waals surface area contributed by atoms with Crippen LogP contribution in [0.5, 0.6) is 0 Å². The van der Waals surface area contributed by atoms with Crippen LogP contribution in [0.4, 0.5) is 10.5 Å². The highest BCUT2D eigenvalue weighted by Crippen LogP contribution is 2.28. The number of amides is 2. The number of hydrogen-bond donors (Lipinski definition) is 1. The van der Waals surface area contributed by atoms with E-state index in [0.29, 0.717) is 13.0 Å². The molecule has 1 aliphatic heterocycles. The monoisotopic (exact) mass is 366 g/mol. The molecule has 1 aliphatic rings. The van der Waals surface area contributed by atoms with Gasteiger partial charge in [-0.1, -0.05) is 48.5 Å². The van der Waals surface area contributed by atoms with Gasteiger partial charge in [0, 0.05) is 18.7 Å². The molecular formula is C22H26N2O3. The molecule has 2 aromatic rings. The van der Waals surface area contributed by atoms with Gasteiger partial charge in [0.1, 0.15) is 11.6 Å². The Morgan fingerprint density at radius 2 is 1.74 bits per heavy atom. The number of carbonyl (C=O) groups is 2. The standard InChI is InChI=1S/C22H26N2O3/c1-22(2,3)27-21(26)23-18(15-16-9-5-4-6-10-16)20(25)24-14-13-17-11-7-8-12-19(17)24/h4-12,18H,13-15H2,1-3H3,(H,23,26)/t18-/m0/s1. The first kappa shape index (κ1) is 19.0. The quantitative estimate of drug-likeness (QED) is 0.897. The second-order valence-corrected chi connectivity index (χ2v) is 7.76. The average molecular weight is 366 g/mol. The topological polar surface area (TPSA) is 58.6 Å². The molecule has 142 valence electrons. The molecule has 2 aromatic carbocycles. The molecule has 0 aromatic heterocycles. The molecule has 1 N–H and O–H groups in total. The largest absolute Gasteiger partial charge is 0.444 e. The molecule has 0 bridgehead atoms. The fourth-order valence-electron chi connectivity index (χ4n) is 3.25. The molecule has 0 saturated heterocycles. The van der Waals surface area contributed by atoms with Crippen molar-refractivity contribution in [3.05, 3.63) is 65.7 Å². The summed E-state index contributed by atoms with van der Waals surface area (Å²) in [7, 11) is 0. The number of rotatable bonds is 4. The third kappa shape index (κ3) is 4.88. The number of nitrogens with one attached hydrogen (secondary N) is 1. The molecule has 0 saturated carbocycles. The summed E-state index contributed by atoms with van der Waals surface area (Å²) in [4.78, 5) is 27.4. The van der Waals surface area contributed by atoms with Crippen molar-refractivity contribution in [1.82, 2.24) is 5.32 Å². The fourth-order valence-corrected chi connectivity index (χ4v) is 3.25. The highest BCUT2D eigenvalue weighted by molar-refractivity contribution is 6.00. The van der Waals surface area contributed by atoms with Crippen LogP contribution in [0, 0.1) is 0 Å². The molecule has 0 radical (unpaired) electrons. The molecule has 2 amide bonds. The van der Waals surface area contributed by atoms with Gasteiger partial charge in [-0.2, -0.15) is 0 Å². The lowest BCUT2D eigenvalue weighted by Crippen LogP contribution is -2.50. The summed E-state index contributed by atoms with van der Waals surface area (Å²) in [6.45, 7) is 6.03. The zero-order chi connectivity index (χ0) is 19.4. The van der Waals surface area contributed by atoms with Crippen molar-refractivity contribution < 1.29 is 14.3 Å². The summed E-state index contributed by atoms with van der Waals surface area (Å²) < 4.78 is 5.37. The first-order chi connectivity index (χ1) is 12.8. The number of alkyl carbamates (subject to hydrolysis) is 1. The average Bonchev–Trinajstić information content (AvgIpc) is 3.04. The SMILES string of the molecule is CC(C)(C)OC(=O)N[C@@H](Cc1ccccc1)C(=O)N1CCc2ccccc21. The summed E-state index contributed by atoms with van der Waals surface area (Å²) in [5.74, 6) is -0.116. The molecule has 5 nitrogen and oxygen atoms in total.